The average molecular weight is 606 g/mol. The molecule has 0 bridgehead atoms. The smallest absolute Gasteiger partial charge is 0.407 e. The van der Waals surface area contributed by atoms with Gasteiger partial charge in [-0.3, -0.25) is 9.59 Å². The van der Waals surface area contributed by atoms with Crippen molar-refractivity contribution in [2.45, 2.75) is 63.6 Å². The molecule has 2 aromatic carbocycles. The lowest BCUT2D eigenvalue weighted by atomic mass is 9.98. The zero-order chi connectivity index (χ0) is 32.1. The zero-order valence-corrected chi connectivity index (χ0v) is 25.4. The number of aliphatic hydroxyl groups is 1. The molecule has 4 N–H and O–H groups in total. The number of esters is 1. The van der Waals surface area contributed by atoms with Gasteiger partial charge in [0, 0.05) is 18.4 Å². The number of hydrogen-bond donors (Lipinski definition) is 4. The van der Waals surface area contributed by atoms with Crippen LogP contribution >= 0.6 is 0 Å². The molecule has 0 spiro atoms. The fraction of sp³-hybridized carbons (Fsp3) is 0.412. The molecule has 0 saturated carbocycles. The molecule has 0 aliphatic heterocycles. The minimum Gasteiger partial charge on any atom is -0.462 e. The summed E-state index contributed by atoms with van der Waals surface area (Å²) in [6.07, 6.45) is 3.36. The summed E-state index contributed by atoms with van der Waals surface area (Å²) in [7, 11) is 0. The Labute approximate surface area is 258 Å². The predicted octanol–water partition coefficient (Wildman–Crippen LogP) is 3.99. The third-order valence-corrected chi connectivity index (χ3v) is 7.38. The van der Waals surface area contributed by atoms with Crippen LogP contribution in [0.2, 0.25) is 0 Å². The van der Waals surface area contributed by atoms with E-state index in [0.717, 1.165) is 22.3 Å². The molecule has 3 rings (SSSR count). The van der Waals surface area contributed by atoms with Crippen LogP contribution in [0, 0.1) is 5.92 Å². The van der Waals surface area contributed by atoms with Gasteiger partial charge >= 0.3 is 12.1 Å². The normalized spacial score (nSPS) is 14.5. The topological polar surface area (TPSA) is 143 Å². The molecule has 1 aliphatic carbocycles. The van der Waals surface area contributed by atoms with E-state index in [2.05, 4.69) is 41.2 Å². The molecular formula is C34H43N3O7. The summed E-state index contributed by atoms with van der Waals surface area (Å²) in [6.45, 7) is 10.4. The van der Waals surface area contributed by atoms with Crippen molar-refractivity contribution in [2.24, 2.45) is 5.92 Å². The van der Waals surface area contributed by atoms with Crippen molar-refractivity contribution >= 4 is 23.9 Å². The van der Waals surface area contributed by atoms with Gasteiger partial charge in [-0.25, -0.2) is 9.59 Å². The maximum Gasteiger partial charge on any atom is 0.407 e. The summed E-state index contributed by atoms with van der Waals surface area (Å²) >= 11 is 0. The van der Waals surface area contributed by atoms with Crippen LogP contribution in [0.1, 0.15) is 56.6 Å². The minimum absolute atomic E-state index is 0.0810. The summed E-state index contributed by atoms with van der Waals surface area (Å²) in [5.74, 6) is -2.21. The van der Waals surface area contributed by atoms with Gasteiger partial charge in [0.2, 0.25) is 11.8 Å². The zero-order valence-electron chi connectivity index (χ0n) is 25.4. The van der Waals surface area contributed by atoms with Crippen molar-refractivity contribution in [2.75, 3.05) is 19.8 Å². The van der Waals surface area contributed by atoms with Gasteiger partial charge in [-0.15, -0.1) is 13.2 Å². The van der Waals surface area contributed by atoms with E-state index in [-0.39, 0.29) is 56.8 Å². The van der Waals surface area contributed by atoms with Crippen LogP contribution in [-0.2, 0) is 23.9 Å². The number of rotatable bonds is 17. The standard InChI is InChI=1S/C34H43N3O7/c1-5-7-17-30(33(41)43-20-23(4)36-32(40)24(12-6-2)18-31(39)35-22(3)19-38)37-34(42)44-21-29-27-15-10-8-13-25(27)26-14-9-11-16-28(26)29/h5-6,8-11,13-16,22-24,29-30,38H,1-2,7,12,17-21H2,3-4H3,(H,35,39)(H,36,40)(H,37,42)/t22-,23+,24-,30+/m1/s1. The van der Waals surface area contributed by atoms with Crippen molar-refractivity contribution in [1.29, 1.82) is 0 Å². The summed E-state index contributed by atoms with van der Waals surface area (Å²) in [5, 5.41) is 17.1. The highest BCUT2D eigenvalue weighted by Crippen LogP contribution is 2.44. The van der Waals surface area contributed by atoms with Crippen molar-refractivity contribution < 1.29 is 33.8 Å². The molecule has 44 heavy (non-hydrogen) atoms. The van der Waals surface area contributed by atoms with Gasteiger partial charge in [0.25, 0.3) is 0 Å². The van der Waals surface area contributed by atoms with Crippen LogP contribution in [0.3, 0.4) is 0 Å². The third kappa shape index (κ3) is 9.54. The first kappa shape index (κ1) is 34.1. The Bertz CT molecular complexity index is 1280. The molecule has 3 amide bonds. The molecule has 0 saturated heterocycles. The molecule has 0 fully saturated rings. The first-order chi connectivity index (χ1) is 21.2. The van der Waals surface area contributed by atoms with Crippen LogP contribution in [0.4, 0.5) is 4.79 Å². The Hall–Kier alpha value is -4.44. The maximum atomic E-state index is 12.9. The Kier molecular flexibility index (Phi) is 13.2. The number of fused-ring (bicyclic) bond motifs is 3. The number of aliphatic hydroxyl groups excluding tert-OH is 1. The molecule has 4 atom stereocenters. The number of benzene rings is 2. The van der Waals surface area contributed by atoms with E-state index in [1.54, 1.807) is 26.0 Å². The molecule has 0 radical (unpaired) electrons. The molecule has 10 nitrogen and oxygen atoms in total. The Morgan fingerprint density at radius 3 is 2.11 bits per heavy atom. The predicted molar refractivity (Wildman–Crippen MR) is 168 cm³/mol. The van der Waals surface area contributed by atoms with Crippen LogP contribution < -0.4 is 16.0 Å². The first-order valence-corrected chi connectivity index (χ1v) is 14.9. The number of carbonyl (C=O) groups excluding carboxylic acids is 4. The number of alkyl carbamates (subject to hydrolysis) is 1. The number of carbonyl (C=O) groups is 4. The molecule has 0 aromatic heterocycles. The highest BCUT2D eigenvalue weighted by Gasteiger charge is 2.30. The molecule has 10 heteroatoms. The third-order valence-electron chi connectivity index (χ3n) is 7.38. The molecule has 1 aliphatic rings. The van der Waals surface area contributed by atoms with E-state index in [1.807, 2.05) is 36.4 Å². The van der Waals surface area contributed by atoms with Crippen molar-refractivity contribution in [3.8, 4) is 11.1 Å². The summed E-state index contributed by atoms with van der Waals surface area (Å²) < 4.78 is 11.0. The minimum atomic E-state index is -0.975. The van der Waals surface area contributed by atoms with Crippen molar-refractivity contribution in [3.63, 3.8) is 0 Å². The molecular weight excluding hydrogens is 562 g/mol. The molecule has 0 unspecified atom stereocenters. The quantitative estimate of drug-likeness (QED) is 0.158. The number of ether oxygens (including phenoxy) is 2. The van der Waals surface area contributed by atoms with E-state index >= 15 is 0 Å². The summed E-state index contributed by atoms with van der Waals surface area (Å²) in [4.78, 5) is 50.8. The monoisotopic (exact) mass is 605 g/mol. The second-order valence-electron chi connectivity index (χ2n) is 11.0. The Morgan fingerprint density at radius 2 is 1.52 bits per heavy atom. The van der Waals surface area contributed by atoms with Crippen LogP contribution in [-0.4, -0.2) is 66.9 Å². The Morgan fingerprint density at radius 1 is 0.886 bits per heavy atom. The van der Waals surface area contributed by atoms with Crippen LogP contribution in [0.25, 0.3) is 11.1 Å². The number of allylic oxidation sites excluding steroid dienone is 2. The van der Waals surface area contributed by atoms with E-state index in [9.17, 15) is 19.2 Å². The highest BCUT2D eigenvalue weighted by atomic mass is 16.6. The van der Waals surface area contributed by atoms with Gasteiger partial charge in [-0.2, -0.15) is 0 Å². The molecule has 0 heterocycles. The highest BCUT2D eigenvalue weighted by molar-refractivity contribution is 5.86. The Balaban J connectivity index is 1.52. The van der Waals surface area contributed by atoms with Crippen molar-refractivity contribution in [1.82, 2.24) is 16.0 Å². The maximum absolute atomic E-state index is 12.9. The SMILES string of the molecule is C=CCC[C@H](NC(=O)OCC1c2ccccc2-c2ccccc21)C(=O)OC[C@H](C)NC(=O)[C@H](CC=C)CC(=O)N[C@H](C)CO. The van der Waals surface area contributed by atoms with Gasteiger partial charge in [0.15, 0.2) is 0 Å². The van der Waals surface area contributed by atoms with E-state index in [0.29, 0.717) is 6.42 Å². The number of nitrogens with one attached hydrogen (secondary N) is 3. The second-order valence-corrected chi connectivity index (χ2v) is 11.0. The second kappa shape index (κ2) is 17.0. The lowest BCUT2D eigenvalue weighted by molar-refractivity contribution is -0.147. The van der Waals surface area contributed by atoms with E-state index in [1.165, 1.54) is 0 Å². The van der Waals surface area contributed by atoms with Gasteiger partial charge in [-0.1, -0.05) is 60.7 Å². The van der Waals surface area contributed by atoms with Gasteiger partial charge in [-0.05, 0) is 55.4 Å². The van der Waals surface area contributed by atoms with Gasteiger partial charge in [0.1, 0.15) is 19.3 Å². The van der Waals surface area contributed by atoms with Crippen LogP contribution in [0.5, 0.6) is 0 Å². The fourth-order valence-electron chi connectivity index (χ4n) is 5.11. The number of hydrogen-bond acceptors (Lipinski definition) is 7. The first-order valence-electron chi connectivity index (χ1n) is 14.9. The molecule has 236 valence electrons. The fourth-order valence-corrected chi connectivity index (χ4v) is 5.11. The lowest BCUT2D eigenvalue weighted by Crippen LogP contribution is -2.45. The van der Waals surface area contributed by atoms with Crippen LogP contribution in [0.15, 0.2) is 73.8 Å². The largest absolute Gasteiger partial charge is 0.462 e. The van der Waals surface area contributed by atoms with Gasteiger partial charge < -0.3 is 30.5 Å². The number of amides is 3. The lowest BCUT2D eigenvalue weighted by Gasteiger charge is -2.22. The van der Waals surface area contributed by atoms with E-state index in [4.69, 9.17) is 14.6 Å². The van der Waals surface area contributed by atoms with E-state index < -0.39 is 36.1 Å². The van der Waals surface area contributed by atoms with Crippen molar-refractivity contribution in [3.05, 3.63) is 85.0 Å². The molecule has 2 aromatic rings. The summed E-state index contributed by atoms with van der Waals surface area (Å²) in [6, 6.07) is 14.1. The summed E-state index contributed by atoms with van der Waals surface area (Å²) in [5.41, 5.74) is 4.38. The van der Waals surface area contributed by atoms with Gasteiger partial charge in [0.05, 0.1) is 18.6 Å². The average Bonchev–Trinajstić information content (AvgIpc) is 3.34.